The van der Waals surface area contributed by atoms with Crippen LogP contribution in [0.3, 0.4) is 0 Å². The molecule has 0 N–H and O–H groups in total. The van der Waals surface area contributed by atoms with E-state index in [-0.39, 0.29) is 40.8 Å². The quantitative estimate of drug-likeness (QED) is 0.450. The highest BCUT2D eigenvalue weighted by molar-refractivity contribution is 5.75. The highest BCUT2D eigenvalue weighted by atomic mass is 19.4. The van der Waals surface area contributed by atoms with Gasteiger partial charge in [-0.1, -0.05) is 12.1 Å². The van der Waals surface area contributed by atoms with E-state index < -0.39 is 34.8 Å². The molecule has 4 aromatic rings. The van der Waals surface area contributed by atoms with Gasteiger partial charge in [0.25, 0.3) is 5.56 Å². The number of halogens is 3. The van der Waals surface area contributed by atoms with Crippen molar-refractivity contribution in [3.05, 3.63) is 96.2 Å². The summed E-state index contributed by atoms with van der Waals surface area (Å²) in [4.78, 5) is 38.2. The summed E-state index contributed by atoms with van der Waals surface area (Å²) in [6, 6.07) is 8.94. The molecule has 0 fully saturated rings. The number of nitrogens with zero attached hydrogens (tertiary/aromatic N) is 4. The fourth-order valence-electron chi connectivity index (χ4n) is 4.55. The molecule has 0 saturated carbocycles. The normalized spacial score (nSPS) is 15.4. The maximum Gasteiger partial charge on any atom is 0.419 e. The fraction of sp³-hybridized carbons (Fsp3) is 0.217. The van der Waals surface area contributed by atoms with Crippen molar-refractivity contribution in [3.8, 4) is 11.8 Å². The average molecular weight is 468 g/mol. The number of aromatic nitrogens is 3. The van der Waals surface area contributed by atoms with Gasteiger partial charge in [-0.15, -0.1) is 0 Å². The second-order valence-corrected chi connectivity index (χ2v) is 7.99. The van der Waals surface area contributed by atoms with E-state index in [1.807, 2.05) is 0 Å². The maximum absolute atomic E-state index is 13.5. The molecule has 172 valence electrons. The predicted octanol–water partition coefficient (Wildman–Crippen LogP) is 2.87. The predicted molar refractivity (Wildman–Crippen MR) is 114 cm³/mol. The second kappa shape index (κ2) is 7.34. The molecule has 1 aliphatic rings. The molecule has 0 bridgehead atoms. The fourth-order valence-corrected chi connectivity index (χ4v) is 4.55. The first-order valence-corrected chi connectivity index (χ1v) is 10.2. The summed E-state index contributed by atoms with van der Waals surface area (Å²) in [5, 5.41) is 9.51. The highest BCUT2D eigenvalue weighted by Gasteiger charge is 2.38. The Morgan fingerprint density at radius 1 is 1.15 bits per heavy atom. The van der Waals surface area contributed by atoms with Gasteiger partial charge in [0.1, 0.15) is 11.6 Å². The van der Waals surface area contributed by atoms with Gasteiger partial charge in [0.2, 0.25) is 0 Å². The number of aryl methyl sites for hydroxylation is 1. The van der Waals surface area contributed by atoms with Crippen LogP contribution in [-0.2, 0) is 19.6 Å². The van der Waals surface area contributed by atoms with Gasteiger partial charge in [-0.3, -0.25) is 18.5 Å². The largest absolute Gasteiger partial charge is 0.419 e. The molecule has 2 aromatic heterocycles. The number of hydrogen-bond acceptors (Lipinski definition) is 5. The molecule has 0 saturated heterocycles. The zero-order valence-corrected chi connectivity index (χ0v) is 17.6. The van der Waals surface area contributed by atoms with Crippen molar-refractivity contribution in [2.45, 2.75) is 25.1 Å². The van der Waals surface area contributed by atoms with Crippen molar-refractivity contribution in [2.24, 2.45) is 7.05 Å². The summed E-state index contributed by atoms with van der Waals surface area (Å²) in [6.07, 6.45) is -3.38. The van der Waals surface area contributed by atoms with E-state index in [2.05, 4.69) is 0 Å². The van der Waals surface area contributed by atoms with Crippen LogP contribution < -0.4 is 17.0 Å². The van der Waals surface area contributed by atoms with Gasteiger partial charge in [-0.05, 0) is 42.2 Å². The standard InChI is InChI=1S/C23H15F3N4O4/c1-28-18-7-5-13(9-19(18)34-22(28)33)29-11-12(10-27)20(31)30(21(29)32)17-8-6-14-15(17)3-2-4-16(14)23(24,25)26/h2-5,7,9,11,17H,6,8H2,1H3. The average Bonchev–Trinajstić information content (AvgIpc) is 3.34. The van der Waals surface area contributed by atoms with Gasteiger partial charge < -0.3 is 4.42 Å². The van der Waals surface area contributed by atoms with Crippen LogP contribution in [0, 0.1) is 11.3 Å². The van der Waals surface area contributed by atoms with Gasteiger partial charge in [-0.25, -0.2) is 9.59 Å². The van der Waals surface area contributed by atoms with E-state index in [0.717, 1.165) is 21.4 Å². The van der Waals surface area contributed by atoms with E-state index in [1.165, 1.54) is 35.9 Å². The van der Waals surface area contributed by atoms with Crippen LogP contribution in [0.4, 0.5) is 13.2 Å². The van der Waals surface area contributed by atoms with Crippen molar-refractivity contribution in [3.63, 3.8) is 0 Å². The molecule has 1 atom stereocenters. The van der Waals surface area contributed by atoms with Gasteiger partial charge in [0.05, 0.1) is 22.8 Å². The Labute approximate surface area is 188 Å². The Bertz CT molecular complexity index is 1700. The monoisotopic (exact) mass is 468 g/mol. The second-order valence-electron chi connectivity index (χ2n) is 7.99. The molecule has 2 aromatic carbocycles. The lowest BCUT2D eigenvalue weighted by atomic mass is 10.0. The van der Waals surface area contributed by atoms with Crippen LogP contribution in [0.15, 0.2) is 61.4 Å². The van der Waals surface area contributed by atoms with Crippen molar-refractivity contribution in [1.29, 1.82) is 5.26 Å². The van der Waals surface area contributed by atoms with Gasteiger partial charge in [-0.2, -0.15) is 18.4 Å². The summed E-state index contributed by atoms with van der Waals surface area (Å²) in [5.74, 6) is -0.606. The van der Waals surface area contributed by atoms with E-state index in [9.17, 15) is 32.8 Å². The first-order chi connectivity index (χ1) is 16.1. The van der Waals surface area contributed by atoms with Crippen LogP contribution in [-0.4, -0.2) is 13.7 Å². The van der Waals surface area contributed by atoms with Crippen LogP contribution in [0.2, 0.25) is 0 Å². The SMILES string of the molecule is Cn1c(=O)oc2cc(-n3cc(C#N)c(=O)n(C4CCc5c4cccc5C(F)(F)F)c3=O)ccc21. The third-order valence-corrected chi connectivity index (χ3v) is 6.15. The topological polar surface area (TPSA) is 103 Å². The summed E-state index contributed by atoms with van der Waals surface area (Å²) in [5.41, 5.74) is -1.72. The summed E-state index contributed by atoms with van der Waals surface area (Å²) >= 11 is 0. The van der Waals surface area contributed by atoms with E-state index in [0.29, 0.717) is 5.52 Å². The van der Waals surface area contributed by atoms with E-state index in [1.54, 1.807) is 12.1 Å². The zero-order chi connectivity index (χ0) is 24.4. The summed E-state index contributed by atoms with van der Waals surface area (Å²) in [6.45, 7) is 0. The lowest BCUT2D eigenvalue weighted by Gasteiger charge is -2.18. The van der Waals surface area contributed by atoms with Crippen molar-refractivity contribution in [2.75, 3.05) is 0 Å². The van der Waals surface area contributed by atoms with E-state index >= 15 is 0 Å². The lowest BCUT2D eigenvalue weighted by molar-refractivity contribution is -0.138. The molecule has 0 radical (unpaired) electrons. The first kappa shape index (κ1) is 21.5. The Balaban J connectivity index is 1.74. The molecule has 2 heterocycles. The molecule has 11 heteroatoms. The molecule has 0 aliphatic heterocycles. The molecule has 0 amide bonds. The van der Waals surface area contributed by atoms with Crippen LogP contribution in [0.5, 0.6) is 0 Å². The highest BCUT2D eigenvalue weighted by Crippen LogP contribution is 2.41. The molecule has 8 nitrogen and oxygen atoms in total. The Kier molecular flexibility index (Phi) is 4.65. The molecular weight excluding hydrogens is 453 g/mol. The molecule has 1 unspecified atom stereocenters. The molecular formula is C23H15F3N4O4. The molecule has 0 spiro atoms. The smallest absolute Gasteiger partial charge is 0.408 e. The van der Waals surface area contributed by atoms with Crippen molar-refractivity contribution in [1.82, 2.24) is 13.7 Å². The number of nitriles is 1. The zero-order valence-electron chi connectivity index (χ0n) is 17.6. The Morgan fingerprint density at radius 3 is 2.62 bits per heavy atom. The van der Waals surface area contributed by atoms with Gasteiger partial charge in [0, 0.05) is 19.3 Å². The minimum Gasteiger partial charge on any atom is -0.408 e. The number of alkyl halides is 3. The number of benzene rings is 2. The third-order valence-electron chi connectivity index (χ3n) is 6.15. The van der Waals surface area contributed by atoms with Crippen molar-refractivity contribution < 1.29 is 17.6 Å². The van der Waals surface area contributed by atoms with Crippen LogP contribution >= 0.6 is 0 Å². The summed E-state index contributed by atoms with van der Waals surface area (Å²) in [7, 11) is 1.51. The third kappa shape index (κ3) is 3.10. The Morgan fingerprint density at radius 2 is 1.91 bits per heavy atom. The molecule has 1 aliphatic carbocycles. The summed E-state index contributed by atoms with van der Waals surface area (Å²) < 4.78 is 48.8. The number of hydrogen-bond donors (Lipinski definition) is 0. The molecule has 5 rings (SSSR count). The maximum atomic E-state index is 13.5. The lowest BCUT2D eigenvalue weighted by Crippen LogP contribution is -2.42. The van der Waals surface area contributed by atoms with Gasteiger partial charge >= 0.3 is 17.6 Å². The van der Waals surface area contributed by atoms with E-state index in [4.69, 9.17) is 4.42 Å². The number of rotatable bonds is 2. The van der Waals surface area contributed by atoms with Gasteiger partial charge in [0.15, 0.2) is 5.58 Å². The minimum absolute atomic E-state index is 0.0273. The minimum atomic E-state index is -4.57. The Hall–Kier alpha value is -4.33. The van der Waals surface area contributed by atoms with Crippen molar-refractivity contribution >= 4 is 11.1 Å². The molecule has 34 heavy (non-hydrogen) atoms. The first-order valence-electron chi connectivity index (χ1n) is 10.2. The number of oxazole rings is 1. The number of fused-ring (bicyclic) bond motifs is 2. The van der Waals surface area contributed by atoms with Crippen LogP contribution in [0.25, 0.3) is 16.8 Å². The van der Waals surface area contributed by atoms with Crippen LogP contribution in [0.1, 0.15) is 34.7 Å².